The van der Waals surface area contributed by atoms with Gasteiger partial charge in [0.2, 0.25) is 0 Å². The van der Waals surface area contributed by atoms with Crippen molar-refractivity contribution >= 4 is 27.9 Å². The van der Waals surface area contributed by atoms with Gasteiger partial charge in [-0.3, -0.25) is 4.57 Å². The molecule has 1 aliphatic heterocycles. The Bertz CT molecular complexity index is 1580. The summed E-state index contributed by atoms with van der Waals surface area (Å²) in [5.74, 6) is 1.72. The number of amides is 1. The quantitative estimate of drug-likeness (QED) is 0.285. The molecule has 1 aromatic heterocycles. The van der Waals surface area contributed by atoms with Crippen molar-refractivity contribution in [2.24, 2.45) is 0 Å². The molecule has 1 amide bonds. The van der Waals surface area contributed by atoms with Crippen molar-refractivity contribution in [3.05, 3.63) is 66.0 Å². The van der Waals surface area contributed by atoms with Crippen molar-refractivity contribution in [3.63, 3.8) is 0 Å². The number of nitrogens with zero attached hydrogens (tertiary/aromatic N) is 4. The first-order valence-corrected chi connectivity index (χ1v) is 13.5. The second-order valence-corrected chi connectivity index (χ2v) is 12.2. The molecule has 7 heteroatoms. The smallest absolute Gasteiger partial charge is 0.410 e. The van der Waals surface area contributed by atoms with E-state index in [1.807, 2.05) is 63.2 Å². The van der Waals surface area contributed by atoms with E-state index in [1.165, 1.54) is 0 Å². The zero-order valence-corrected chi connectivity index (χ0v) is 23.6. The number of fused-ring (bicyclic) bond motifs is 2. The van der Waals surface area contributed by atoms with Gasteiger partial charge in [-0.1, -0.05) is 45.0 Å². The van der Waals surface area contributed by atoms with Crippen LogP contribution in [0.4, 0.5) is 4.79 Å². The van der Waals surface area contributed by atoms with Crippen LogP contribution >= 0.6 is 0 Å². The highest BCUT2D eigenvalue weighted by molar-refractivity contribution is 5.96. The summed E-state index contributed by atoms with van der Waals surface area (Å²) in [5.41, 5.74) is 2.76. The molecular weight excluding hydrogens is 488 g/mol. The van der Waals surface area contributed by atoms with E-state index in [2.05, 4.69) is 43.5 Å². The molecule has 1 fully saturated rings. The van der Waals surface area contributed by atoms with E-state index >= 15 is 0 Å². The number of benzene rings is 3. The van der Waals surface area contributed by atoms with E-state index in [0.29, 0.717) is 18.7 Å². The van der Waals surface area contributed by atoms with Crippen LogP contribution < -0.4 is 4.74 Å². The summed E-state index contributed by atoms with van der Waals surface area (Å²) >= 11 is 0. The maximum Gasteiger partial charge on any atom is 0.410 e. The fourth-order valence-electron chi connectivity index (χ4n) is 5.13. The van der Waals surface area contributed by atoms with Crippen LogP contribution in [0, 0.1) is 11.3 Å². The Hall–Kier alpha value is -4.05. The summed E-state index contributed by atoms with van der Waals surface area (Å²) in [5, 5.41) is 11.6. The lowest BCUT2D eigenvalue weighted by molar-refractivity contribution is 0.0127. The summed E-state index contributed by atoms with van der Waals surface area (Å²) in [6.45, 7) is 13.3. The van der Waals surface area contributed by atoms with Crippen LogP contribution in [0.25, 0.3) is 27.5 Å². The Morgan fingerprint density at radius 3 is 2.31 bits per heavy atom. The number of hydrogen-bond acceptors (Lipinski definition) is 5. The van der Waals surface area contributed by atoms with E-state index in [-0.39, 0.29) is 17.6 Å². The van der Waals surface area contributed by atoms with Crippen LogP contribution in [0.1, 0.15) is 65.8 Å². The molecule has 0 aliphatic carbocycles. The second-order valence-electron chi connectivity index (χ2n) is 12.2. The highest BCUT2D eigenvalue weighted by Crippen LogP contribution is 2.35. The number of likely N-dealkylation sites (tertiary alicyclic amines) is 1. The van der Waals surface area contributed by atoms with Crippen molar-refractivity contribution < 1.29 is 14.3 Å². The zero-order valence-electron chi connectivity index (χ0n) is 23.6. The molecule has 1 saturated heterocycles. The van der Waals surface area contributed by atoms with Gasteiger partial charge in [0, 0.05) is 48.2 Å². The average molecular weight is 525 g/mol. The van der Waals surface area contributed by atoms with Crippen molar-refractivity contribution in [2.75, 3.05) is 13.1 Å². The molecule has 0 bridgehead atoms. The fraction of sp³-hybridized carbons (Fsp3) is 0.406. The molecule has 202 valence electrons. The first-order chi connectivity index (χ1) is 18.4. The van der Waals surface area contributed by atoms with Crippen LogP contribution in [-0.2, 0) is 10.2 Å². The second kappa shape index (κ2) is 9.92. The number of imidazole rings is 1. The van der Waals surface area contributed by atoms with Gasteiger partial charge < -0.3 is 14.4 Å². The first kappa shape index (κ1) is 26.6. The van der Waals surface area contributed by atoms with Crippen LogP contribution in [0.2, 0.25) is 0 Å². The van der Waals surface area contributed by atoms with Crippen LogP contribution in [0.15, 0.2) is 54.6 Å². The lowest BCUT2D eigenvalue weighted by Crippen LogP contribution is -2.44. The number of ether oxygens (including phenoxy) is 2. The number of aromatic nitrogens is 2. The normalized spacial score (nSPS) is 14.9. The number of rotatable bonds is 3. The van der Waals surface area contributed by atoms with Gasteiger partial charge >= 0.3 is 6.09 Å². The molecular formula is C32H36N4O3. The minimum atomic E-state index is -0.505. The molecule has 0 unspecified atom stereocenters. The average Bonchev–Trinajstić information content (AvgIpc) is 3.27. The molecule has 1 aliphatic rings. The minimum Gasteiger partial charge on any atom is -0.490 e. The van der Waals surface area contributed by atoms with Crippen molar-refractivity contribution in [1.29, 1.82) is 5.26 Å². The molecule has 0 N–H and O–H groups in total. The summed E-state index contributed by atoms with van der Waals surface area (Å²) in [6, 6.07) is 20.3. The van der Waals surface area contributed by atoms with E-state index in [0.717, 1.165) is 51.9 Å². The van der Waals surface area contributed by atoms with Crippen LogP contribution in [-0.4, -0.2) is 45.3 Å². The molecule has 0 atom stereocenters. The van der Waals surface area contributed by atoms with Gasteiger partial charge in [-0.25, -0.2) is 9.78 Å². The predicted molar refractivity (Wildman–Crippen MR) is 153 cm³/mol. The van der Waals surface area contributed by atoms with E-state index in [1.54, 1.807) is 4.90 Å². The molecule has 0 spiro atoms. The Labute approximate surface area is 229 Å². The van der Waals surface area contributed by atoms with Crippen molar-refractivity contribution in [3.8, 4) is 17.5 Å². The first-order valence-electron chi connectivity index (χ1n) is 13.5. The zero-order chi connectivity index (χ0) is 27.9. The Morgan fingerprint density at radius 2 is 1.67 bits per heavy atom. The van der Waals surface area contributed by atoms with Gasteiger partial charge in [-0.2, -0.15) is 5.26 Å². The largest absolute Gasteiger partial charge is 0.490 e. The molecule has 5 rings (SSSR count). The van der Waals surface area contributed by atoms with Crippen molar-refractivity contribution in [2.45, 2.75) is 71.5 Å². The topological polar surface area (TPSA) is 80.4 Å². The number of carbonyl (C=O) groups is 1. The molecule has 7 nitrogen and oxygen atoms in total. The maximum absolute atomic E-state index is 12.4. The molecule has 0 radical (unpaired) electrons. The third kappa shape index (κ3) is 5.42. The lowest BCUT2D eigenvalue weighted by atomic mass is 9.95. The Morgan fingerprint density at radius 1 is 0.974 bits per heavy atom. The highest BCUT2D eigenvalue weighted by atomic mass is 16.6. The van der Waals surface area contributed by atoms with Crippen LogP contribution in [0.5, 0.6) is 5.75 Å². The van der Waals surface area contributed by atoms with Gasteiger partial charge in [0.1, 0.15) is 23.3 Å². The Kier molecular flexibility index (Phi) is 6.76. The summed E-state index contributed by atoms with van der Waals surface area (Å²) in [4.78, 5) is 19.2. The number of piperidine rings is 1. The van der Waals surface area contributed by atoms with Gasteiger partial charge in [-0.15, -0.1) is 0 Å². The SMILES string of the molecule is CC(C)(C)OC(=O)N1CCC(Oc2ccc3nc(C(C)(C)C)n(-c4ccc(C#N)c5ccccc45)c3c2)CC1. The van der Waals surface area contributed by atoms with Gasteiger partial charge in [-0.05, 0) is 45.0 Å². The summed E-state index contributed by atoms with van der Waals surface area (Å²) in [7, 11) is 0. The minimum absolute atomic E-state index is 0.00957. The highest BCUT2D eigenvalue weighted by Gasteiger charge is 2.29. The summed E-state index contributed by atoms with van der Waals surface area (Å²) in [6.07, 6.45) is 1.22. The number of nitriles is 1. The number of hydrogen-bond donors (Lipinski definition) is 0. The molecule has 4 aromatic rings. The third-order valence-electron chi connectivity index (χ3n) is 6.96. The Balaban J connectivity index is 1.48. The molecule has 2 heterocycles. The monoisotopic (exact) mass is 524 g/mol. The molecule has 39 heavy (non-hydrogen) atoms. The predicted octanol–water partition coefficient (Wildman–Crippen LogP) is 7.13. The maximum atomic E-state index is 12.4. The summed E-state index contributed by atoms with van der Waals surface area (Å²) < 4.78 is 14.2. The molecule has 0 saturated carbocycles. The van der Waals surface area contributed by atoms with Gasteiger partial charge in [0.25, 0.3) is 0 Å². The van der Waals surface area contributed by atoms with E-state index < -0.39 is 5.60 Å². The van der Waals surface area contributed by atoms with Crippen LogP contribution in [0.3, 0.4) is 0 Å². The van der Waals surface area contributed by atoms with Gasteiger partial charge in [0.15, 0.2) is 0 Å². The number of carbonyl (C=O) groups excluding carboxylic acids is 1. The van der Waals surface area contributed by atoms with E-state index in [4.69, 9.17) is 14.5 Å². The van der Waals surface area contributed by atoms with Gasteiger partial charge in [0.05, 0.1) is 28.4 Å². The third-order valence-corrected chi connectivity index (χ3v) is 6.96. The van der Waals surface area contributed by atoms with E-state index in [9.17, 15) is 10.1 Å². The standard InChI is InChI=1S/C32H36N4O3/c1-31(2,3)29-34-26-13-12-23(38-22-15-17-35(18-16-22)30(37)39-32(4,5)6)19-28(26)36(29)27-14-11-21(20-33)24-9-7-8-10-25(24)27/h7-14,19,22H,15-18H2,1-6H3. The fourth-order valence-corrected chi connectivity index (χ4v) is 5.13. The molecule has 3 aromatic carbocycles. The van der Waals surface area contributed by atoms with Crippen molar-refractivity contribution in [1.82, 2.24) is 14.5 Å². The lowest BCUT2D eigenvalue weighted by Gasteiger charge is -2.33.